The summed E-state index contributed by atoms with van der Waals surface area (Å²) in [7, 11) is 0. The number of benzene rings is 3. The molecule has 3 aromatic carbocycles. The summed E-state index contributed by atoms with van der Waals surface area (Å²) in [5, 5.41) is 14.0. The number of nitrogens with one attached hydrogen (secondary N) is 2. The van der Waals surface area contributed by atoms with E-state index in [-0.39, 0.29) is 22.2 Å². The van der Waals surface area contributed by atoms with Crippen LogP contribution in [-0.4, -0.2) is 22.0 Å². The summed E-state index contributed by atoms with van der Waals surface area (Å²) in [5.41, 5.74) is 3.74. The lowest BCUT2D eigenvalue weighted by atomic mass is 9.63. The molecule has 1 aliphatic rings. The molecule has 8 heteroatoms. The molecule has 0 radical (unpaired) electrons. The Morgan fingerprint density at radius 2 is 1.62 bits per heavy atom. The number of aromatic amines is 1. The maximum atomic E-state index is 14.1. The highest BCUT2D eigenvalue weighted by Crippen LogP contribution is 2.48. The van der Waals surface area contributed by atoms with E-state index in [9.17, 15) is 23.5 Å². The van der Waals surface area contributed by atoms with E-state index in [0.29, 0.717) is 39.0 Å². The third-order valence-electron chi connectivity index (χ3n) is 7.62. The number of carboxylic acid groups (broad SMARTS) is 1. The number of anilines is 1. The van der Waals surface area contributed by atoms with Gasteiger partial charge >= 0.3 is 5.97 Å². The van der Waals surface area contributed by atoms with Gasteiger partial charge in [-0.25, -0.2) is 13.6 Å². The highest BCUT2D eigenvalue weighted by molar-refractivity contribution is 6.30. The summed E-state index contributed by atoms with van der Waals surface area (Å²) in [6.45, 7) is 8.75. The minimum Gasteiger partial charge on any atom is -0.477 e. The summed E-state index contributed by atoms with van der Waals surface area (Å²) >= 11 is 6.24. The van der Waals surface area contributed by atoms with Crippen LogP contribution in [-0.2, 0) is 11.2 Å². The molecular weight excluding hydrogens is 558 g/mol. The van der Waals surface area contributed by atoms with Gasteiger partial charge in [0.05, 0.1) is 5.69 Å². The lowest BCUT2D eigenvalue weighted by molar-refractivity contribution is -0.112. The first-order valence-corrected chi connectivity index (χ1v) is 14.2. The number of hydrogen-bond donors (Lipinski definition) is 3. The zero-order valence-corrected chi connectivity index (χ0v) is 24.8. The van der Waals surface area contributed by atoms with Gasteiger partial charge in [0.1, 0.15) is 17.3 Å². The van der Waals surface area contributed by atoms with Crippen LogP contribution in [0, 0.1) is 22.5 Å². The van der Waals surface area contributed by atoms with Gasteiger partial charge < -0.3 is 15.4 Å². The molecule has 4 aromatic rings. The van der Waals surface area contributed by atoms with E-state index < -0.39 is 23.5 Å². The molecule has 1 aliphatic carbocycles. The quantitative estimate of drug-likeness (QED) is 0.196. The van der Waals surface area contributed by atoms with Crippen LogP contribution in [0.4, 0.5) is 14.5 Å². The molecule has 3 N–H and O–H groups in total. The first-order chi connectivity index (χ1) is 19.7. The summed E-state index contributed by atoms with van der Waals surface area (Å²) in [6.07, 6.45) is 4.50. The Morgan fingerprint density at radius 3 is 2.24 bits per heavy atom. The van der Waals surface area contributed by atoms with E-state index in [0.717, 1.165) is 36.5 Å². The number of allylic oxidation sites excluding steroid dienone is 1. The maximum Gasteiger partial charge on any atom is 0.354 e. The van der Waals surface area contributed by atoms with Gasteiger partial charge in [-0.15, -0.1) is 0 Å². The smallest absolute Gasteiger partial charge is 0.354 e. The molecule has 1 heterocycles. The minimum atomic E-state index is -1.25. The molecule has 5 rings (SSSR count). The molecule has 0 atom stereocenters. The molecule has 0 unspecified atom stereocenters. The molecule has 1 fully saturated rings. The number of carboxylic acids is 1. The number of halogens is 3. The molecule has 1 amide bonds. The lowest BCUT2D eigenvalue weighted by Gasteiger charge is -2.42. The van der Waals surface area contributed by atoms with Crippen LogP contribution in [0.3, 0.4) is 0 Å². The predicted molar refractivity (Wildman–Crippen MR) is 163 cm³/mol. The minimum absolute atomic E-state index is 0.0395. The van der Waals surface area contributed by atoms with Crippen molar-refractivity contribution in [2.75, 3.05) is 5.32 Å². The van der Waals surface area contributed by atoms with Crippen LogP contribution in [0.2, 0.25) is 5.02 Å². The van der Waals surface area contributed by atoms with Crippen molar-refractivity contribution in [1.29, 1.82) is 0 Å². The van der Waals surface area contributed by atoms with Crippen molar-refractivity contribution in [3.8, 4) is 11.1 Å². The zero-order chi connectivity index (χ0) is 30.4. The average molecular weight is 591 g/mol. The normalized spacial score (nSPS) is 15.9. The number of aromatic carboxylic acids is 1. The summed E-state index contributed by atoms with van der Waals surface area (Å²) < 4.78 is 28.3. The van der Waals surface area contributed by atoms with Gasteiger partial charge in [0.2, 0.25) is 5.91 Å². The van der Waals surface area contributed by atoms with Gasteiger partial charge in [0, 0.05) is 28.1 Å². The van der Waals surface area contributed by atoms with Crippen LogP contribution in [0.1, 0.15) is 68.6 Å². The van der Waals surface area contributed by atoms with Crippen molar-refractivity contribution < 1.29 is 23.5 Å². The molecular formula is C34H33ClF2N2O3. The molecule has 218 valence electrons. The van der Waals surface area contributed by atoms with E-state index >= 15 is 0 Å². The van der Waals surface area contributed by atoms with Gasteiger partial charge in [-0.05, 0) is 95.2 Å². The number of aromatic nitrogens is 1. The first kappa shape index (κ1) is 29.5. The van der Waals surface area contributed by atoms with Crippen LogP contribution >= 0.6 is 11.6 Å². The number of hydrogen-bond acceptors (Lipinski definition) is 2. The monoisotopic (exact) mass is 590 g/mol. The highest BCUT2D eigenvalue weighted by atomic mass is 35.5. The second kappa shape index (κ2) is 11.0. The van der Waals surface area contributed by atoms with Gasteiger partial charge in [-0.1, -0.05) is 57.0 Å². The largest absolute Gasteiger partial charge is 0.477 e. The number of carbonyl (C=O) groups is 2. The fourth-order valence-corrected chi connectivity index (χ4v) is 6.97. The van der Waals surface area contributed by atoms with Crippen molar-refractivity contribution in [2.45, 2.75) is 53.4 Å². The Hall–Kier alpha value is -3.97. The number of fused-ring (bicyclic) bond motifs is 1. The zero-order valence-electron chi connectivity index (χ0n) is 24.0. The van der Waals surface area contributed by atoms with Gasteiger partial charge in [-0.2, -0.15) is 0 Å². The van der Waals surface area contributed by atoms with E-state index in [2.05, 4.69) is 38.0 Å². The fraction of sp³-hybridized carbons (Fsp3) is 0.294. The van der Waals surface area contributed by atoms with E-state index in [1.54, 1.807) is 30.3 Å². The number of rotatable bonds is 6. The summed E-state index contributed by atoms with van der Waals surface area (Å²) in [6, 6.07) is 13.9. The maximum absolute atomic E-state index is 14.1. The fourth-order valence-electron chi connectivity index (χ4n) is 6.76. The number of amides is 1. The second-order valence-corrected chi connectivity index (χ2v) is 13.3. The standard InChI is InChI=1S/C34H33ClF2N2O3/c1-33(2)16-20(17-34(3,4)18-33)10-28(40)39-30-29-23(8-19-6-5-7-24(35)9-19)11-21(14-27(29)38-31(30)32(41)42)22-12-25(36)15-26(37)13-22/h5-7,9-15,38H,8,16-18H2,1-4H3,(H,39,40)(H,41,42). The van der Waals surface area contributed by atoms with Crippen molar-refractivity contribution >= 4 is 40.1 Å². The van der Waals surface area contributed by atoms with Crippen LogP contribution < -0.4 is 5.32 Å². The van der Waals surface area contributed by atoms with Crippen LogP contribution in [0.25, 0.3) is 22.0 Å². The first-order valence-electron chi connectivity index (χ1n) is 13.8. The van der Waals surface area contributed by atoms with Gasteiger partial charge in [0.25, 0.3) is 0 Å². The third kappa shape index (κ3) is 6.57. The molecule has 1 saturated carbocycles. The molecule has 0 spiro atoms. The van der Waals surface area contributed by atoms with Crippen molar-refractivity contribution in [3.63, 3.8) is 0 Å². The Morgan fingerprint density at radius 1 is 0.976 bits per heavy atom. The predicted octanol–water partition coefficient (Wildman–Crippen LogP) is 9.16. The van der Waals surface area contributed by atoms with Crippen LogP contribution in [0.5, 0.6) is 0 Å². The van der Waals surface area contributed by atoms with Crippen LogP contribution in [0.15, 0.2) is 66.2 Å². The molecule has 1 aromatic heterocycles. The summed E-state index contributed by atoms with van der Waals surface area (Å²) in [4.78, 5) is 28.7. The average Bonchev–Trinajstić information content (AvgIpc) is 3.20. The molecule has 0 aliphatic heterocycles. The van der Waals surface area contributed by atoms with Crippen molar-refractivity contribution in [1.82, 2.24) is 4.98 Å². The lowest BCUT2D eigenvalue weighted by Crippen LogP contribution is -2.30. The Labute approximate surface area is 248 Å². The van der Waals surface area contributed by atoms with E-state index in [4.69, 9.17) is 11.6 Å². The number of carbonyl (C=O) groups excluding carboxylic acids is 1. The van der Waals surface area contributed by atoms with E-state index in [1.807, 2.05) is 12.1 Å². The molecule has 42 heavy (non-hydrogen) atoms. The summed E-state index contributed by atoms with van der Waals surface area (Å²) in [5.74, 6) is -3.11. The highest BCUT2D eigenvalue weighted by Gasteiger charge is 2.36. The van der Waals surface area contributed by atoms with Gasteiger partial charge in [0.15, 0.2) is 0 Å². The van der Waals surface area contributed by atoms with Crippen molar-refractivity contribution in [3.05, 3.63) is 99.7 Å². The third-order valence-corrected chi connectivity index (χ3v) is 7.86. The van der Waals surface area contributed by atoms with E-state index in [1.165, 1.54) is 12.1 Å². The molecule has 5 nitrogen and oxygen atoms in total. The number of H-pyrrole nitrogens is 1. The second-order valence-electron chi connectivity index (χ2n) is 12.9. The topological polar surface area (TPSA) is 82.2 Å². The van der Waals surface area contributed by atoms with Crippen molar-refractivity contribution in [2.24, 2.45) is 10.8 Å². The molecule has 0 saturated heterocycles. The van der Waals surface area contributed by atoms with Gasteiger partial charge in [-0.3, -0.25) is 4.79 Å². The SMILES string of the molecule is CC1(C)CC(=CC(=O)Nc2c(C(=O)O)[nH]c3cc(-c4cc(F)cc(F)c4)cc(Cc4cccc(Cl)c4)c23)CC(C)(C)C1. The Kier molecular flexibility index (Phi) is 7.75. The molecule has 0 bridgehead atoms. The Bertz CT molecular complexity index is 1720. The Balaban J connectivity index is 1.64.